The average molecular weight is 453 g/mol. The number of para-hydroxylation sites is 3. The van der Waals surface area contributed by atoms with Crippen molar-refractivity contribution >= 4 is 51.2 Å². The van der Waals surface area contributed by atoms with Crippen molar-refractivity contribution < 1.29 is 0 Å². The van der Waals surface area contributed by atoms with Gasteiger partial charge in [0.25, 0.3) is 0 Å². The summed E-state index contributed by atoms with van der Waals surface area (Å²) in [7, 11) is 0. The predicted octanol–water partition coefficient (Wildman–Crippen LogP) is 6.19. The molecule has 3 heterocycles. The molecule has 2 aromatic carbocycles. The number of pyridine rings is 2. The molecular weight excluding hydrogens is 432 g/mol. The summed E-state index contributed by atoms with van der Waals surface area (Å²) in [6.07, 6.45) is 2.41. The molecule has 33 heavy (non-hydrogen) atoms. The molecule has 3 aromatic heterocycles. The van der Waals surface area contributed by atoms with Crippen molar-refractivity contribution in [3.63, 3.8) is 0 Å². The number of nitriles is 1. The molecule has 162 valence electrons. The molecule has 0 saturated carbocycles. The molecule has 6 nitrogen and oxygen atoms in total. The Balaban J connectivity index is 1.65. The van der Waals surface area contributed by atoms with Crippen molar-refractivity contribution in [2.24, 2.45) is 5.10 Å². The van der Waals surface area contributed by atoms with Gasteiger partial charge in [-0.3, -0.25) is 9.83 Å². The molecule has 1 N–H and O–H groups in total. The van der Waals surface area contributed by atoms with Crippen LogP contribution in [-0.2, 0) is 6.42 Å². The zero-order valence-corrected chi connectivity index (χ0v) is 19.3. The lowest BCUT2D eigenvalue weighted by Gasteiger charge is -2.15. The monoisotopic (exact) mass is 452 g/mol. The van der Waals surface area contributed by atoms with Gasteiger partial charge in [0.05, 0.1) is 28.3 Å². The first-order chi connectivity index (χ1) is 16.0. The Morgan fingerprint density at radius 2 is 1.97 bits per heavy atom. The van der Waals surface area contributed by atoms with Gasteiger partial charge >= 0.3 is 0 Å². The molecular formula is C26H21ClN6. The Hall–Kier alpha value is -3.95. The first kappa shape index (κ1) is 20.9. The molecule has 0 aliphatic rings. The predicted molar refractivity (Wildman–Crippen MR) is 134 cm³/mol. The molecule has 5 aromatic rings. The SMILES string of the molecule is CCc1c(C)c(C#N)c2nc3ccccc3n2c1N/N=C\c1cc2cccc(C)c2nc1Cl. The first-order valence-corrected chi connectivity index (χ1v) is 11.1. The smallest absolute Gasteiger partial charge is 0.157 e. The molecule has 0 saturated heterocycles. The van der Waals surface area contributed by atoms with Gasteiger partial charge < -0.3 is 0 Å². The van der Waals surface area contributed by atoms with Crippen molar-refractivity contribution in [1.82, 2.24) is 14.4 Å². The molecule has 7 heteroatoms. The van der Waals surface area contributed by atoms with Gasteiger partial charge in [0, 0.05) is 10.9 Å². The number of hydrogen-bond donors (Lipinski definition) is 1. The Labute approximate surface area is 196 Å². The number of nitrogens with zero attached hydrogens (tertiary/aromatic N) is 5. The van der Waals surface area contributed by atoms with Gasteiger partial charge in [-0.2, -0.15) is 10.4 Å². The Morgan fingerprint density at radius 1 is 1.15 bits per heavy atom. The number of nitrogens with one attached hydrogen (secondary N) is 1. The number of aryl methyl sites for hydroxylation is 1. The number of hydrazone groups is 1. The lowest BCUT2D eigenvalue weighted by molar-refractivity contribution is 1.04. The summed E-state index contributed by atoms with van der Waals surface area (Å²) in [6, 6.07) is 18.2. The number of anilines is 1. The lowest BCUT2D eigenvalue weighted by Crippen LogP contribution is -2.07. The van der Waals surface area contributed by atoms with Crippen LogP contribution in [-0.4, -0.2) is 20.6 Å². The highest BCUT2D eigenvalue weighted by Gasteiger charge is 2.19. The fourth-order valence-corrected chi connectivity index (χ4v) is 4.52. The van der Waals surface area contributed by atoms with Crippen LogP contribution in [0.2, 0.25) is 5.15 Å². The van der Waals surface area contributed by atoms with E-state index >= 15 is 0 Å². The minimum atomic E-state index is 0.396. The number of imidazole rings is 1. The molecule has 0 aliphatic heterocycles. The maximum atomic E-state index is 9.84. The maximum absolute atomic E-state index is 9.84. The number of halogens is 1. The van der Waals surface area contributed by atoms with Crippen LogP contribution in [0.1, 0.15) is 34.7 Å². The number of rotatable bonds is 4. The van der Waals surface area contributed by atoms with Crippen molar-refractivity contribution in [2.45, 2.75) is 27.2 Å². The molecule has 0 spiro atoms. The van der Waals surface area contributed by atoms with Crippen molar-refractivity contribution in [3.8, 4) is 6.07 Å². The highest BCUT2D eigenvalue weighted by Crippen LogP contribution is 2.31. The van der Waals surface area contributed by atoms with E-state index in [-0.39, 0.29) is 0 Å². The molecule has 0 atom stereocenters. The molecule has 0 amide bonds. The van der Waals surface area contributed by atoms with Gasteiger partial charge in [0.15, 0.2) is 5.65 Å². The summed E-state index contributed by atoms with van der Waals surface area (Å²) >= 11 is 6.45. The van der Waals surface area contributed by atoms with E-state index in [2.05, 4.69) is 28.5 Å². The quantitative estimate of drug-likeness (QED) is 0.200. The van der Waals surface area contributed by atoms with Crippen molar-refractivity contribution in [1.29, 1.82) is 5.26 Å². The van der Waals surface area contributed by atoms with Crippen LogP contribution in [0.25, 0.3) is 27.6 Å². The topological polar surface area (TPSA) is 78.4 Å². The highest BCUT2D eigenvalue weighted by molar-refractivity contribution is 6.32. The van der Waals surface area contributed by atoms with Crippen LogP contribution in [0.15, 0.2) is 53.6 Å². The summed E-state index contributed by atoms with van der Waals surface area (Å²) in [6.45, 7) is 6.04. The number of benzene rings is 2. The van der Waals surface area contributed by atoms with E-state index in [1.807, 2.05) is 66.8 Å². The van der Waals surface area contributed by atoms with E-state index in [9.17, 15) is 5.26 Å². The molecule has 0 bridgehead atoms. The van der Waals surface area contributed by atoms with E-state index < -0.39 is 0 Å². The van der Waals surface area contributed by atoms with Gasteiger partial charge in [-0.15, -0.1) is 0 Å². The molecule has 0 aliphatic carbocycles. The van der Waals surface area contributed by atoms with Gasteiger partial charge in [0.2, 0.25) is 0 Å². The third kappa shape index (κ3) is 3.38. The van der Waals surface area contributed by atoms with E-state index in [0.29, 0.717) is 16.4 Å². The number of hydrogen-bond acceptors (Lipinski definition) is 5. The van der Waals surface area contributed by atoms with Crippen LogP contribution in [0.5, 0.6) is 0 Å². The van der Waals surface area contributed by atoms with Crippen LogP contribution in [0, 0.1) is 25.2 Å². The average Bonchev–Trinajstić information content (AvgIpc) is 3.19. The largest absolute Gasteiger partial charge is 0.276 e. The summed E-state index contributed by atoms with van der Waals surface area (Å²) in [5.41, 5.74) is 10.7. The fraction of sp³-hybridized carbons (Fsp3) is 0.154. The van der Waals surface area contributed by atoms with E-state index in [1.54, 1.807) is 6.21 Å². The number of fused-ring (bicyclic) bond motifs is 4. The first-order valence-electron chi connectivity index (χ1n) is 10.7. The Bertz CT molecular complexity index is 1620. The second-order valence-electron chi connectivity index (χ2n) is 7.94. The second-order valence-corrected chi connectivity index (χ2v) is 8.30. The summed E-state index contributed by atoms with van der Waals surface area (Å²) in [5.74, 6) is 0.787. The van der Waals surface area contributed by atoms with Crippen molar-refractivity contribution in [2.75, 3.05) is 5.43 Å². The van der Waals surface area contributed by atoms with Gasteiger partial charge in [0.1, 0.15) is 17.0 Å². The third-order valence-electron chi connectivity index (χ3n) is 5.99. The third-order valence-corrected chi connectivity index (χ3v) is 6.29. The van der Waals surface area contributed by atoms with Gasteiger partial charge in [-0.1, -0.05) is 48.9 Å². The van der Waals surface area contributed by atoms with E-state index in [4.69, 9.17) is 16.6 Å². The van der Waals surface area contributed by atoms with Gasteiger partial charge in [-0.05, 0) is 55.2 Å². The minimum Gasteiger partial charge on any atom is -0.276 e. The standard InChI is InChI=1S/C26H21ClN6/c1-4-19-16(3)20(13-28)25-30-21-10-5-6-11-22(21)33(25)26(19)32-29-14-18-12-17-9-7-8-15(2)23(17)31-24(18)27/h5-12,14,32H,4H2,1-3H3/b29-14-. The molecule has 0 radical (unpaired) electrons. The Morgan fingerprint density at radius 3 is 2.76 bits per heavy atom. The zero-order valence-electron chi connectivity index (χ0n) is 18.5. The van der Waals surface area contributed by atoms with Crippen molar-refractivity contribution in [3.05, 3.63) is 81.5 Å². The van der Waals surface area contributed by atoms with Gasteiger partial charge in [-0.25, -0.2) is 9.97 Å². The summed E-state index contributed by atoms with van der Waals surface area (Å²) in [4.78, 5) is 9.27. The Kier molecular flexibility index (Phi) is 5.20. The maximum Gasteiger partial charge on any atom is 0.157 e. The molecule has 0 fully saturated rings. The van der Waals surface area contributed by atoms with Crippen LogP contribution in [0.3, 0.4) is 0 Å². The zero-order chi connectivity index (χ0) is 23.1. The van der Waals surface area contributed by atoms with Crippen LogP contribution >= 0.6 is 11.6 Å². The highest BCUT2D eigenvalue weighted by atomic mass is 35.5. The van der Waals surface area contributed by atoms with Crippen LogP contribution in [0.4, 0.5) is 5.82 Å². The summed E-state index contributed by atoms with van der Waals surface area (Å²) in [5, 5.41) is 15.8. The second kappa shape index (κ2) is 8.19. The van der Waals surface area contributed by atoms with E-state index in [1.165, 1.54) is 0 Å². The fourth-order valence-electron chi connectivity index (χ4n) is 4.33. The molecule has 5 rings (SSSR count). The lowest BCUT2D eigenvalue weighted by atomic mass is 10.0. The normalized spacial score (nSPS) is 11.6. The minimum absolute atomic E-state index is 0.396. The number of aromatic nitrogens is 3. The summed E-state index contributed by atoms with van der Waals surface area (Å²) < 4.78 is 1.97. The van der Waals surface area contributed by atoms with Crippen LogP contribution < -0.4 is 5.43 Å². The molecule has 0 unspecified atom stereocenters. The van der Waals surface area contributed by atoms with E-state index in [0.717, 1.165) is 56.4 Å².